The maximum absolute atomic E-state index is 10.9. The summed E-state index contributed by atoms with van der Waals surface area (Å²) in [6.07, 6.45) is 2.89. The molecule has 0 radical (unpaired) electrons. The van der Waals surface area contributed by atoms with Crippen LogP contribution in [0.15, 0.2) is 22.7 Å². The molecular formula is C13H15BrO3. The van der Waals surface area contributed by atoms with Crippen LogP contribution >= 0.6 is 15.9 Å². The van der Waals surface area contributed by atoms with Gasteiger partial charge in [0.2, 0.25) is 0 Å². The van der Waals surface area contributed by atoms with Gasteiger partial charge in [-0.1, -0.05) is 15.9 Å². The predicted octanol–water partition coefficient (Wildman–Crippen LogP) is 3.07. The van der Waals surface area contributed by atoms with Crippen molar-refractivity contribution in [3.63, 3.8) is 0 Å². The van der Waals surface area contributed by atoms with Crippen LogP contribution in [0.5, 0.6) is 5.75 Å². The monoisotopic (exact) mass is 298 g/mol. The highest BCUT2D eigenvalue weighted by molar-refractivity contribution is 9.10. The molecule has 1 fully saturated rings. The molecule has 0 aliphatic carbocycles. The van der Waals surface area contributed by atoms with E-state index in [0.29, 0.717) is 23.8 Å². The lowest BCUT2D eigenvalue weighted by Gasteiger charge is -2.22. The summed E-state index contributed by atoms with van der Waals surface area (Å²) in [4.78, 5) is 10.9. The Bertz CT molecular complexity index is 386. The second kappa shape index (κ2) is 6.17. The van der Waals surface area contributed by atoms with Crippen LogP contribution in [0.3, 0.4) is 0 Å². The van der Waals surface area contributed by atoms with E-state index in [1.165, 1.54) is 0 Å². The Morgan fingerprint density at radius 3 is 2.88 bits per heavy atom. The number of carbonyl (C=O) groups excluding carboxylic acids is 1. The van der Waals surface area contributed by atoms with E-state index in [0.717, 1.165) is 36.8 Å². The molecule has 0 bridgehead atoms. The van der Waals surface area contributed by atoms with Gasteiger partial charge in [0.05, 0.1) is 12.2 Å². The van der Waals surface area contributed by atoms with E-state index in [1.54, 1.807) is 6.07 Å². The number of hydrogen-bond acceptors (Lipinski definition) is 3. The lowest BCUT2D eigenvalue weighted by molar-refractivity contribution is 0.0496. The summed E-state index contributed by atoms with van der Waals surface area (Å²) in [5.74, 6) is 1.20. The molecule has 1 aromatic carbocycles. The van der Waals surface area contributed by atoms with Gasteiger partial charge in [0.25, 0.3) is 0 Å². The van der Waals surface area contributed by atoms with E-state index in [9.17, 15) is 4.79 Å². The number of hydrogen-bond donors (Lipinski definition) is 0. The summed E-state index contributed by atoms with van der Waals surface area (Å²) in [6, 6.07) is 5.48. The highest BCUT2D eigenvalue weighted by Gasteiger charge is 2.15. The number of carbonyl (C=O) groups is 1. The minimum absolute atomic E-state index is 0.534. The van der Waals surface area contributed by atoms with Crippen molar-refractivity contribution in [2.75, 3.05) is 19.8 Å². The Hall–Kier alpha value is -0.870. The average molecular weight is 299 g/mol. The second-order valence-electron chi connectivity index (χ2n) is 4.17. The Morgan fingerprint density at radius 1 is 1.41 bits per heavy atom. The number of ether oxygens (including phenoxy) is 2. The van der Waals surface area contributed by atoms with Crippen molar-refractivity contribution in [2.24, 2.45) is 5.92 Å². The number of rotatable bonds is 4. The normalized spacial score (nSPS) is 16.8. The van der Waals surface area contributed by atoms with E-state index >= 15 is 0 Å². The molecule has 1 aliphatic heterocycles. The highest BCUT2D eigenvalue weighted by atomic mass is 79.9. The lowest BCUT2D eigenvalue weighted by atomic mass is 10.0. The maximum Gasteiger partial charge on any atom is 0.153 e. The lowest BCUT2D eigenvalue weighted by Crippen LogP contribution is -2.21. The summed E-state index contributed by atoms with van der Waals surface area (Å²) < 4.78 is 11.9. The van der Waals surface area contributed by atoms with E-state index in [1.807, 2.05) is 12.1 Å². The number of aldehydes is 1. The Labute approximate surface area is 109 Å². The SMILES string of the molecule is O=Cc1cc(Br)ccc1OCC1CCOCC1. The van der Waals surface area contributed by atoms with Crippen LogP contribution in [0.2, 0.25) is 0 Å². The highest BCUT2D eigenvalue weighted by Crippen LogP contribution is 2.23. The number of halogens is 1. The van der Waals surface area contributed by atoms with Crippen LogP contribution in [0.1, 0.15) is 23.2 Å². The van der Waals surface area contributed by atoms with Gasteiger partial charge in [-0.15, -0.1) is 0 Å². The predicted molar refractivity (Wildman–Crippen MR) is 68.6 cm³/mol. The first-order chi connectivity index (χ1) is 8.29. The van der Waals surface area contributed by atoms with Crippen LogP contribution in [-0.2, 0) is 4.74 Å². The molecule has 0 saturated carbocycles. The first kappa shape index (κ1) is 12.6. The summed E-state index contributed by atoms with van der Waals surface area (Å²) in [6.45, 7) is 2.29. The van der Waals surface area contributed by atoms with Gasteiger partial charge in [-0.3, -0.25) is 4.79 Å². The molecule has 1 aliphatic rings. The topological polar surface area (TPSA) is 35.5 Å². The molecule has 0 N–H and O–H groups in total. The molecule has 2 rings (SSSR count). The van der Waals surface area contributed by atoms with E-state index in [-0.39, 0.29) is 0 Å². The standard InChI is InChI=1S/C13H15BrO3/c14-12-1-2-13(11(7-12)8-15)17-9-10-3-5-16-6-4-10/h1-2,7-8,10H,3-6,9H2. The molecule has 1 heterocycles. The first-order valence-corrected chi connectivity index (χ1v) is 6.54. The van der Waals surface area contributed by atoms with E-state index in [4.69, 9.17) is 9.47 Å². The fourth-order valence-electron chi connectivity index (χ4n) is 1.86. The van der Waals surface area contributed by atoms with Crippen LogP contribution in [0.25, 0.3) is 0 Å². The molecule has 1 aromatic rings. The van der Waals surface area contributed by atoms with Crippen molar-refractivity contribution in [3.8, 4) is 5.75 Å². The molecule has 3 nitrogen and oxygen atoms in total. The third kappa shape index (κ3) is 3.54. The summed E-state index contributed by atoms with van der Waals surface area (Å²) in [5, 5.41) is 0. The van der Waals surface area contributed by atoms with Crippen LogP contribution in [0.4, 0.5) is 0 Å². The summed E-state index contributed by atoms with van der Waals surface area (Å²) in [7, 11) is 0. The molecular weight excluding hydrogens is 284 g/mol. The van der Waals surface area contributed by atoms with Crippen molar-refractivity contribution in [1.29, 1.82) is 0 Å². The van der Waals surface area contributed by atoms with Gasteiger partial charge >= 0.3 is 0 Å². The molecule has 0 spiro atoms. The third-order valence-corrected chi connectivity index (χ3v) is 3.41. The zero-order chi connectivity index (χ0) is 12.1. The minimum Gasteiger partial charge on any atom is -0.493 e. The van der Waals surface area contributed by atoms with E-state index < -0.39 is 0 Å². The summed E-state index contributed by atoms with van der Waals surface area (Å²) in [5.41, 5.74) is 0.589. The third-order valence-electron chi connectivity index (χ3n) is 2.91. The molecule has 0 aromatic heterocycles. The van der Waals surface area contributed by atoms with Gasteiger partial charge in [0, 0.05) is 17.7 Å². The van der Waals surface area contributed by atoms with Crippen LogP contribution in [0, 0.1) is 5.92 Å². The quantitative estimate of drug-likeness (QED) is 0.802. The first-order valence-electron chi connectivity index (χ1n) is 5.75. The van der Waals surface area contributed by atoms with Gasteiger partial charge in [0.15, 0.2) is 6.29 Å². The Balaban J connectivity index is 1.95. The van der Waals surface area contributed by atoms with Crippen molar-refractivity contribution < 1.29 is 14.3 Å². The van der Waals surface area contributed by atoms with Gasteiger partial charge in [-0.25, -0.2) is 0 Å². The Morgan fingerprint density at radius 2 is 2.18 bits per heavy atom. The minimum atomic E-state index is 0.534. The molecule has 17 heavy (non-hydrogen) atoms. The molecule has 4 heteroatoms. The van der Waals surface area contributed by atoms with Gasteiger partial charge in [0.1, 0.15) is 5.75 Å². The van der Waals surface area contributed by atoms with Crippen LogP contribution in [-0.4, -0.2) is 26.1 Å². The van der Waals surface area contributed by atoms with Gasteiger partial charge < -0.3 is 9.47 Å². The van der Waals surface area contributed by atoms with Crippen molar-refractivity contribution in [2.45, 2.75) is 12.8 Å². The average Bonchev–Trinajstić information content (AvgIpc) is 2.38. The van der Waals surface area contributed by atoms with Crippen molar-refractivity contribution in [3.05, 3.63) is 28.2 Å². The van der Waals surface area contributed by atoms with Crippen molar-refractivity contribution >= 4 is 22.2 Å². The smallest absolute Gasteiger partial charge is 0.153 e. The fourth-order valence-corrected chi connectivity index (χ4v) is 2.24. The van der Waals surface area contributed by atoms with Gasteiger partial charge in [-0.05, 0) is 37.0 Å². The van der Waals surface area contributed by atoms with Gasteiger partial charge in [-0.2, -0.15) is 0 Å². The van der Waals surface area contributed by atoms with Crippen LogP contribution < -0.4 is 4.74 Å². The van der Waals surface area contributed by atoms with E-state index in [2.05, 4.69) is 15.9 Å². The summed E-state index contributed by atoms with van der Waals surface area (Å²) >= 11 is 3.33. The maximum atomic E-state index is 10.9. The molecule has 1 saturated heterocycles. The number of benzene rings is 1. The second-order valence-corrected chi connectivity index (χ2v) is 5.08. The zero-order valence-electron chi connectivity index (χ0n) is 9.52. The fraction of sp³-hybridized carbons (Fsp3) is 0.462. The molecule has 0 unspecified atom stereocenters. The zero-order valence-corrected chi connectivity index (χ0v) is 11.1. The molecule has 92 valence electrons. The molecule has 0 amide bonds. The largest absolute Gasteiger partial charge is 0.493 e. The Kier molecular flexibility index (Phi) is 4.57. The van der Waals surface area contributed by atoms with Crippen molar-refractivity contribution in [1.82, 2.24) is 0 Å². The molecule has 0 atom stereocenters.